The second-order valence-corrected chi connectivity index (χ2v) is 5.82. The van der Waals surface area contributed by atoms with E-state index in [0.717, 1.165) is 44.0 Å². The van der Waals surface area contributed by atoms with Crippen molar-refractivity contribution in [3.63, 3.8) is 0 Å². The van der Waals surface area contributed by atoms with Gasteiger partial charge in [0, 0.05) is 37.8 Å². The van der Waals surface area contributed by atoms with Crippen molar-refractivity contribution in [3.8, 4) is 0 Å². The van der Waals surface area contributed by atoms with Gasteiger partial charge in [-0.15, -0.1) is 0 Å². The average Bonchev–Trinajstić information content (AvgIpc) is 2.61. The summed E-state index contributed by atoms with van der Waals surface area (Å²) in [5, 5.41) is 3.35. The molecule has 0 spiro atoms. The van der Waals surface area contributed by atoms with E-state index in [1.807, 2.05) is 0 Å². The van der Waals surface area contributed by atoms with Gasteiger partial charge in [-0.05, 0) is 26.1 Å². The van der Waals surface area contributed by atoms with Crippen LogP contribution >= 0.6 is 0 Å². The van der Waals surface area contributed by atoms with Crippen molar-refractivity contribution in [1.82, 2.24) is 15.2 Å². The molecule has 1 saturated heterocycles. The van der Waals surface area contributed by atoms with E-state index in [1.54, 1.807) is 6.07 Å². The number of pyridine rings is 1. The first-order chi connectivity index (χ1) is 9.56. The number of likely N-dealkylation sites (N-methyl/N-ethyl adjacent to an activating group) is 1. The fourth-order valence-electron chi connectivity index (χ4n) is 2.46. The van der Waals surface area contributed by atoms with Crippen molar-refractivity contribution in [1.29, 1.82) is 0 Å². The third-order valence-corrected chi connectivity index (χ3v) is 3.63. The van der Waals surface area contributed by atoms with Gasteiger partial charge in [0.2, 0.25) is 0 Å². The Morgan fingerprint density at radius 2 is 2.10 bits per heavy atom. The number of anilines is 1. The number of nitrogens with zero attached hydrogens (tertiary/aromatic N) is 3. The molecule has 0 atom stereocenters. The topological polar surface area (TPSA) is 31.4 Å². The van der Waals surface area contributed by atoms with Gasteiger partial charge < -0.3 is 15.1 Å². The van der Waals surface area contributed by atoms with Gasteiger partial charge in [0.25, 0.3) is 0 Å². The molecule has 1 aromatic heterocycles. The Kier molecular flexibility index (Phi) is 5.31. The standard InChI is InChI=1S/C15H25FN4/c1-12(2)17-10-13-9-14(16)11-18-15(13)20-6-4-5-19(3)7-8-20/h9,11-12,17H,4-8,10H2,1-3H3. The second-order valence-electron chi connectivity index (χ2n) is 5.82. The van der Waals surface area contributed by atoms with Crippen LogP contribution in [0.4, 0.5) is 10.2 Å². The molecule has 0 radical (unpaired) electrons. The third-order valence-electron chi connectivity index (χ3n) is 3.63. The van der Waals surface area contributed by atoms with Crippen LogP contribution in [0, 0.1) is 5.82 Å². The molecule has 20 heavy (non-hydrogen) atoms. The summed E-state index contributed by atoms with van der Waals surface area (Å²) in [6, 6.07) is 1.98. The zero-order chi connectivity index (χ0) is 14.5. The zero-order valence-electron chi connectivity index (χ0n) is 12.7. The Hall–Kier alpha value is -1.20. The van der Waals surface area contributed by atoms with Gasteiger partial charge in [-0.3, -0.25) is 0 Å². The average molecular weight is 280 g/mol. The molecule has 2 heterocycles. The molecule has 1 aromatic rings. The summed E-state index contributed by atoms with van der Waals surface area (Å²) in [5.74, 6) is 0.663. The maximum Gasteiger partial charge on any atom is 0.141 e. The molecule has 5 heteroatoms. The first kappa shape index (κ1) is 15.2. The van der Waals surface area contributed by atoms with Gasteiger partial charge in [0.1, 0.15) is 11.6 Å². The number of nitrogens with one attached hydrogen (secondary N) is 1. The number of hydrogen-bond acceptors (Lipinski definition) is 4. The molecule has 4 nitrogen and oxygen atoms in total. The lowest BCUT2D eigenvalue weighted by Crippen LogP contribution is -2.31. The smallest absolute Gasteiger partial charge is 0.141 e. The van der Waals surface area contributed by atoms with E-state index >= 15 is 0 Å². The normalized spacial score (nSPS) is 17.6. The Morgan fingerprint density at radius 1 is 1.30 bits per heavy atom. The van der Waals surface area contributed by atoms with Crippen LogP contribution < -0.4 is 10.2 Å². The minimum atomic E-state index is -0.263. The first-order valence-corrected chi connectivity index (χ1v) is 7.37. The highest BCUT2D eigenvalue weighted by Gasteiger charge is 2.17. The van der Waals surface area contributed by atoms with E-state index in [9.17, 15) is 4.39 Å². The van der Waals surface area contributed by atoms with Crippen LogP contribution in [0.15, 0.2) is 12.3 Å². The molecular formula is C15H25FN4. The lowest BCUT2D eigenvalue weighted by molar-refractivity contribution is 0.360. The lowest BCUT2D eigenvalue weighted by Gasteiger charge is -2.24. The maximum atomic E-state index is 13.5. The molecule has 1 aliphatic rings. The molecule has 0 aromatic carbocycles. The van der Waals surface area contributed by atoms with Crippen molar-refractivity contribution in [2.45, 2.75) is 32.9 Å². The first-order valence-electron chi connectivity index (χ1n) is 7.37. The second kappa shape index (κ2) is 6.99. The summed E-state index contributed by atoms with van der Waals surface area (Å²) in [7, 11) is 2.14. The number of halogens is 1. The summed E-state index contributed by atoms with van der Waals surface area (Å²) in [4.78, 5) is 8.95. The van der Waals surface area contributed by atoms with E-state index < -0.39 is 0 Å². The van der Waals surface area contributed by atoms with E-state index in [1.165, 1.54) is 6.20 Å². The van der Waals surface area contributed by atoms with Gasteiger partial charge in [-0.2, -0.15) is 0 Å². The molecule has 0 aliphatic carbocycles. The monoisotopic (exact) mass is 280 g/mol. The van der Waals surface area contributed by atoms with Gasteiger partial charge >= 0.3 is 0 Å². The Balaban J connectivity index is 2.16. The van der Waals surface area contributed by atoms with Gasteiger partial charge in [-0.1, -0.05) is 13.8 Å². The fraction of sp³-hybridized carbons (Fsp3) is 0.667. The predicted octanol–water partition coefficient (Wildman–Crippen LogP) is 1.86. The maximum absolute atomic E-state index is 13.5. The van der Waals surface area contributed by atoms with Crippen LogP contribution in [0.5, 0.6) is 0 Å². The molecule has 0 unspecified atom stereocenters. The van der Waals surface area contributed by atoms with E-state index in [0.29, 0.717) is 12.6 Å². The van der Waals surface area contributed by atoms with E-state index in [2.05, 4.69) is 41.0 Å². The zero-order valence-corrected chi connectivity index (χ0v) is 12.7. The number of rotatable bonds is 4. The number of hydrogen-bond donors (Lipinski definition) is 1. The van der Waals surface area contributed by atoms with E-state index in [-0.39, 0.29) is 5.82 Å². The van der Waals surface area contributed by atoms with E-state index in [4.69, 9.17) is 0 Å². The minimum Gasteiger partial charge on any atom is -0.355 e. The van der Waals surface area contributed by atoms with Crippen LogP contribution in [0.2, 0.25) is 0 Å². The summed E-state index contributed by atoms with van der Waals surface area (Å²) < 4.78 is 13.5. The number of aromatic nitrogens is 1. The minimum absolute atomic E-state index is 0.263. The Morgan fingerprint density at radius 3 is 2.85 bits per heavy atom. The van der Waals surface area contributed by atoms with Crippen molar-refractivity contribution in [2.24, 2.45) is 0 Å². The predicted molar refractivity (Wildman–Crippen MR) is 80.5 cm³/mol. The largest absolute Gasteiger partial charge is 0.355 e. The molecule has 0 bridgehead atoms. The van der Waals surface area contributed by atoms with Crippen molar-refractivity contribution in [2.75, 3.05) is 38.1 Å². The van der Waals surface area contributed by atoms with Crippen molar-refractivity contribution in [3.05, 3.63) is 23.6 Å². The molecule has 1 N–H and O–H groups in total. The van der Waals surface area contributed by atoms with Crippen molar-refractivity contribution < 1.29 is 4.39 Å². The lowest BCUT2D eigenvalue weighted by atomic mass is 10.2. The van der Waals surface area contributed by atoms with Gasteiger partial charge in [0.05, 0.1) is 6.20 Å². The molecule has 0 saturated carbocycles. The van der Waals surface area contributed by atoms with Crippen LogP contribution in [0.25, 0.3) is 0 Å². The van der Waals surface area contributed by atoms with Gasteiger partial charge in [0.15, 0.2) is 0 Å². The van der Waals surface area contributed by atoms with Crippen LogP contribution in [0.3, 0.4) is 0 Å². The van der Waals surface area contributed by atoms with Gasteiger partial charge in [-0.25, -0.2) is 9.37 Å². The summed E-state index contributed by atoms with van der Waals surface area (Å²) in [5.41, 5.74) is 0.947. The summed E-state index contributed by atoms with van der Waals surface area (Å²) in [6.45, 7) is 8.90. The third kappa shape index (κ3) is 4.15. The highest BCUT2D eigenvalue weighted by Crippen LogP contribution is 2.20. The highest BCUT2D eigenvalue weighted by molar-refractivity contribution is 5.47. The van der Waals surface area contributed by atoms with Crippen LogP contribution in [-0.2, 0) is 6.54 Å². The van der Waals surface area contributed by atoms with Crippen LogP contribution in [0.1, 0.15) is 25.8 Å². The molecule has 112 valence electrons. The molecule has 0 amide bonds. The molecule has 1 aliphatic heterocycles. The Bertz CT molecular complexity index is 436. The molecule has 1 fully saturated rings. The summed E-state index contributed by atoms with van der Waals surface area (Å²) in [6.07, 6.45) is 2.44. The molecular weight excluding hydrogens is 255 g/mol. The van der Waals surface area contributed by atoms with Crippen LogP contribution in [-0.4, -0.2) is 49.2 Å². The quantitative estimate of drug-likeness (QED) is 0.912. The fourth-order valence-corrected chi connectivity index (χ4v) is 2.46. The SMILES string of the molecule is CC(C)NCc1cc(F)cnc1N1CCCN(C)CC1. The van der Waals surface area contributed by atoms with Crippen molar-refractivity contribution >= 4 is 5.82 Å². The summed E-state index contributed by atoms with van der Waals surface area (Å²) >= 11 is 0. The highest BCUT2D eigenvalue weighted by atomic mass is 19.1. The Labute approximate surface area is 121 Å². The molecule has 2 rings (SSSR count).